The Balaban J connectivity index is 1.46. The lowest BCUT2D eigenvalue weighted by molar-refractivity contribution is -0.134. The normalized spacial score (nSPS) is 26.3. The van der Waals surface area contributed by atoms with E-state index < -0.39 is 0 Å². The zero-order valence-electron chi connectivity index (χ0n) is 15.5. The number of aromatic hydroxyl groups is 1. The van der Waals surface area contributed by atoms with E-state index in [0.717, 1.165) is 43.5 Å². The van der Waals surface area contributed by atoms with Gasteiger partial charge in [-0.1, -0.05) is 6.92 Å². The summed E-state index contributed by atoms with van der Waals surface area (Å²) < 4.78 is 0.961. The summed E-state index contributed by atoms with van der Waals surface area (Å²) in [5.41, 5.74) is 0.440. The highest BCUT2D eigenvalue weighted by atomic mass is 32.1. The van der Waals surface area contributed by atoms with Crippen LogP contribution in [0.1, 0.15) is 43.0 Å². The number of hydrogen-bond donors (Lipinski definition) is 1. The molecule has 3 heterocycles. The van der Waals surface area contributed by atoms with Crippen molar-refractivity contribution < 1.29 is 14.7 Å². The number of hydrogen-bond acceptors (Lipinski definition) is 4. The van der Waals surface area contributed by atoms with E-state index in [9.17, 15) is 14.7 Å². The standard InChI is InChI=1S/C21H24N2O3S/c1-13-4-8-22(11-13)20(26)16-10-21(6-7-21)12-23(16)19(25)15-2-3-17-14(18(15)24)5-9-27-17/h2-3,5,9,13,16,24H,4,6-8,10-12H2,1H3/t13-,16+/m1/s1. The second-order valence-electron chi connectivity index (χ2n) is 8.63. The molecule has 1 aliphatic carbocycles. The molecule has 142 valence electrons. The van der Waals surface area contributed by atoms with Gasteiger partial charge in [0.15, 0.2) is 0 Å². The number of fused-ring (bicyclic) bond motifs is 1. The van der Waals surface area contributed by atoms with Crippen molar-refractivity contribution in [3.05, 3.63) is 29.1 Å². The third-order valence-corrected chi connectivity index (χ3v) is 7.47. The van der Waals surface area contributed by atoms with E-state index in [1.54, 1.807) is 22.3 Å². The average Bonchev–Trinajstić information content (AvgIpc) is 3.04. The maximum atomic E-state index is 13.3. The van der Waals surface area contributed by atoms with Gasteiger partial charge in [0.1, 0.15) is 11.8 Å². The number of carbonyl (C=O) groups excluding carboxylic acids is 2. The number of thiophene rings is 1. The molecule has 2 aliphatic heterocycles. The van der Waals surface area contributed by atoms with Gasteiger partial charge in [-0.25, -0.2) is 0 Å². The quantitative estimate of drug-likeness (QED) is 0.862. The molecular weight excluding hydrogens is 360 g/mol. The zero-order valence-corrected chi connectivity index (χ0v) is 16.3. The van der Waals surface area contributed by atoms with Crippen LogP contribution in [-0.2, 0) is 4.79 Å². The molecule has 0 unspecified atom stereocenters. The van der Waals surface area contributed by atoms with Crippen molar-refractivity contribution in [1.82, 2.24) is 9.80 Å². The Morgan fingerprint density at radius 1 is 1.26 bits per heavy atom. The molecule has 1 N–H and O–H groups in total. The number of benzene rings is 1. The highest BCUT2D eigenvalue weighted by Gasteiger charge is 2.56. The Morgan fingerprint density at radius 3 is 2.78 bits per heavy atom. The second kappa shape index (κ2) is 5.96. The minimum Gasteiger partial charge on any atom is -0.506 e. The summed E-state index contributed by atoms with van der Waals surface area (Å²) in [5, 5.41) is 13.3. The van der Waals surface area contributed by atoms with E-state index in [1.807, 2.05) is 22.4 Å². The predicted octanol–water partition coefficient (Wildman–Crippen LogP) is 3.47. The topological polar surface area (TPSA) is 60.9 Å². The van der Waals surface area contributed by atoms with Crippen LogP contribution in [0.2, 0.25) is 0 Å². The molecule has 27 heavy (non-hydrogen) atoms. The van der Waals surface area contributed by atoms with Crippen molar-refractivity contribution in [1.29, 1.82) is 0 Å². The average molecular weight is 385 g/mol. The molecular formula is C21H24N2O3S. The first-order valence-corrected chi connectivity index (χ1v) is 10.6. The van der Waals surface area contributed by atoms with Gasteiger partial charge in [-0.05, 0) is 60.6 Å². The summed E-state index contributed by atoms with van der Waals surface area (Å²) in [6.45, 7) is 4.38. The van der Waals surface area contributed by atoms with Gasteiger partial charge < -0.3 is 14.9 Å². The van der Waals surface area contributed by atoms with Gasteiger partial charge >= 0.3 is 0 Å². The number of amides is 2. The molecule has 5 nitrogen and oxygen atoms in total. The highest BCUT2D eigenvalue weighted by Crippen LogP contribution is 2.55. The molecule has 5 rings (SSSR count). The number of nitrogens with zero attached hydrogens (tertiary/aromatic N) is 2. The van der Waals surface area contributed by atoms with Gasteiger partial charge in [0.25, 0.3) is 5.91 Å². The summed E-state index contributed by atoms with van der Waals surface area (Å²) in [6.07, 6.45) is 3.98. The lowest BCUT2D eigenvalue weighted by Crippen LogP contribution is -2.47. The third kappa shape index (κ3) is 2.73. The van der Waals surface area contributed by atoms with Crippen LogP contribution in [-0.4, -0.2) is 52.4 Å². The van der Waals surface area contributed by atoms with Gasteiger partial charge in [0.2, 0.25) is 5.91 Å². The van der Waals surface area contributed by atoms with E-state index in [-0.39, 0.29) is 29.0 Å². The van der Waals surface area contributed by atoms with Gasteiger partial charge in [-0.2, -0.15) is 0 Å². The van der Waals surface area contributed by atoms with Crippen molar-refractivity contribution in [3.8, 4) is 5.75 Å². The minimum atomic E-state index is -0.386. The summed E-state index contributed by atoms with van der Waals surface area (Å²) in [6, 6.07) is 5.04. The van der Waals surface area contributed by atoms with Crippen molar-refractivity contribution >= 4 is 33.2 Å². The first-order chi connectivity index (χ1) is 13.0. The van der Waals surface area contributed by atoms with E-state index in [1.165, 1.54) is 0 Å². The molecule has 1 aromatic carbocycles. The number of phenolic OH excluding ortho intramolecular Hbond substituents is 1. The summed E-state index contributed by atoms with van der Waals surface area (Å²) >= 11 is 1.54. The van der Waals surface area contributed by atoms with Crippen LogP contribution in [0.4, 0.5) is 0 Å². The zero-order chi connectivity index (χ0) is 18.8. The van der Waals surface area contributed by atoms with E-state index in [0.29, 0.717) is 23.4 Å². The van der Waals surface area contributed by atoms with Crippen LogP contribution in [0.25, 0.3) is 10.1 Å². The second-order valence-corrected chi connectivity index (χ2v) is 9.57. The molecule has 3 fully saturated rings. The summed E-state index contributed by atoms with van der Waals surface area (Å²) in [5.74, 6) is 0.443. The first-order valence-electron chi connectivity index (χ1n) is 9.76. The Kier molecular flexibility index (Phi) is 3.76. The lowest BCUT2D eigenvalue weighted by atomic mass is 10.0. The third-order valence-electron chi connectivity index (χ3n) is 6.58. The van der Waals surface area contributed by atoms with Crippen LogP contribution in [0.15, 0.2) is 23.6 Å². The molecule has 6 heteroatoms. The maximum absolute atomic E-state index is 13.3. The summed E-state index contributed by atoms with van der Waals surface area (Å²) in [4.78, 5) is 30.2. The van der Waals surface area contributed by atoms with Crippen molar-refractivity contribution in [2.24, 2.45) is 11.3 Å². The Morgan fingerprint density at radius 2 is 2.07 bits per heavy atom. The monoisotopic (exact) mass is 384 g/mol. The van der Waals surface area contributed by atoms with Crippen LogP contribution >= 0.6 is 11.3 Å². The Labute approximate surface area is 162 Å². The lowest BCUT2D eigenvalue weighted by Gasteiger charge is -2.28. The smallest absolute Gasteiger partial charge is 0.258 e. The van der Waals surface area contributed by atoms with E-state index in [4.69, 9.17) is 0 Å². The van der Waals surface area contributed by atoms with Crippen molar-refractivity contribution in [3.63, 3.8) is 0 Å². The molecule has 1 spiro atoms. The number of phenols is 1. The number of carbonyl (C=O) groups is 2. The predicted molar refractivity (Wildman–Crippen MR) is 105 cm³/mol. The van der Waals surface area contributed by atoms with Crippen molar-refractivity contribution in [2.45, 2.75) is 38.6 Å². The maximum Gasteiger partial charge on any atom is 0.258 e. The fraction of sp³-hybridized carbons (Fsp3) is 0.524. The molecule has 1 saturated carbocycles. The fourth-order valence-corrected chi connectivity index (χ4v) is 5.52. The van der Waals surface area contributed by atoms with E-state index >= 15 is 0 Å². The van der Waals surface area contributed by atoms with Crippen LogP contribution < -0.4 is 0 Å². The van der Waals surface area contributed by atoms with Gasteiger partial charge in [-0.15, -0.1) is 11.3 Å². The molecule has 0 radical (unpaired) electrons. The van der Waals surface area contributed by atoms with Gasteiger partial charge in [0.05, 0.1) is 5.56 Å². The summed E-state index contributed by atoms with van der Waals surface area (Å²) in [7, 11) is 0. The van der Waals surface area contributed by atoms with Crippen LogP contribution in [0.5, 0.6) is 5.75 Å². The van der Waals surface area contributed by atoms with Crippen molar-refractivity contribution in [2.75, 3.05) is 19.6 Å². The van der Waals surface area contributed by atoms with E-state index in [2.05, 4.69) is 6.92 Å². The molecule has 3 aliphatic rings. The molecule has 2 aromatic rings. The minimum absolute atomic E-state index is 0.0384. The Hall–Kier alpha value is -2.08. The molecule has 0 bridgehead atoms. The molecule has 2 atom stereocenters. The SMILES string of the molecule is C[C@@H]1CCN(C(=O)[C@@H]2CC3(CC3)CN2C(=O)c2ccc3sccc3c2O)C1. The largest absolute Gasteiger partial charge is 0.506 e. The van der Waals surface area contributed by atoms with Gasteiger partial charge in [-0.3, -0.25) is 9.59 Å². The number of likely N-dealkylation sites (tertiary alicyclic amines) is 2. The molecule has 1 aromatic heterocycles. The number of rotatable bonds is 2. The molecule has 2 amide bonds. The van der Waals surface area contributed by atoms with Gasteiger partial charge in [0, 0.05) is 29.7 Å². The highest BCUT2D eigenvalue weighted by molar-refractivity contribution is 7.17. The molecule has 2 saturated heterocycles. The first kappa shape index (κ1) is 17.0. The van der Waals surface area contributed by atoms with Crippen LogP contribution in [0.3, 0.4) is 0 Å². The fourth-order valence-electron chi connectivity index (χ4n) is 4.73. The Bertz CT molecular complexity index is 933. The van der Waals surface area contributed by atoms with Crippen LogP contribution in [0, 0.1) is 11.3 Å².